The normalized spacial score (nSPS) is 18.3. The molecule has 0 saturated heterocycles. The van der Waals surface area contributed by atoms with E-state index in [0.29, 0.717) is 4.87 Å². The standard InChI is InChI=1S/CH3N4O/c6-5-1-2-3-4-5/h1H2,(H,2,4,6)/q+1. The maximum Gasteiger partial charge on any atom is 0.263 e. The summed E-state index contributed by atoms with van der Waals surface area (Å²) < 4.78 is 0. The van der Waals surface area contributed by atoms with Gasteiger partial charge in [-0.1, -0.05) is 0 Å². The summed E-state index contributed by atoms with van der Waals surface area (Å²) in [5.74, 6) is 0. The summed E-state index contributed by atoms with van der Waals surface area (Å²) in [5.41, 5.74) is 2.34. The van der Waals surface area contributed by atoms with Crippen molar-refractivity contribution in [2.24, 2.45) is 10.4 Å². The molecule has 5 nitrogen and oxygen atoms in total. The van der Waals surface area contributed by atoms with Gasteiger partial charge in [0.1, 0.15) is 4.87 Å². The van der Waals surface area contributed by atoms with E-state index in [-0.39, 0.29) is 6.67 Å². The molecule has 1 heterocycles. The van der Waals surface area contributed by atoms with E-state index in [1.54, 1.807) is 0 Å². The minimum absolute atomic E-state index is 0.181. The summed E-state index contributed by atoms with van der Waals surface area (Å²) in [6.45, 7) is 0.181. The lowest BCUT2D eigenvalue weighted by atomic mass is 11.2. The Labute approximate surface area is 33.6 Å². The number of rotatable bonds is 0. The van der Waals surface area contributed by atoms with Gasteiger partial charge in [-0.15, -0.1) is 5.43 Å². The van der Waals surface area contributed by atoms with Crippen molar-refractivity contribution in [1.29, 1.82) is 0 Å². The van der Waals surface area contributed by atoms with E-state index in [4.69, 9.17) is 0 Å². The summed E-state index contributed by atoms with van der Waals surface area (Å²) in [5, 5.41) is 6.18. The first-order valence-corrected chi connectivity index (χ1v) is 1.48. The monoisotopic (exact) mass is 87.0 g/mol. The van der Waals surface area contributed by atoms with Crippen LogP contribution in [0.1, 0.15) is 0 Å². The quantitative estimate of drug-likeness (QED) is 0.409. The third-order valence-electron chi connectivity index (χ3n) is 0.421. The van der Waals surface area contributed by atoms with Crippen LogP contribution < -0.4 is 5.43 Å². The van der Waals surface area contributed by atoms with Gasteiger partial charge in [-0.25, -0.2) is 0 Å². The van der Waals surface area contributed by atoms with Crippen LogP contribution in [-0.2, 0) is 0 Å². The van der Waals surface area contributed by atoms with Crippen molar-refractivity contribution in [1.82, 2.24) is 5.43 Å². The highest BCUT2D eigenvalue weighted by Crippen LogP contribution is 1.79. The van der Waals surface area contributed by atoms with Crippen molar-refractivity contribution in [3.63, 3.8) is 0 Å². The molecule has 0 aromatic carbocycles. The highest BCUT2D eigenvalue weighted by Gasteiger charge is 2.08. The molecule has 32 valence electrons. The van der Waals surface area contributed by atoms with Crippen LogP contribution >= 0.6 is 0 Å². The average molecular weight is 87.1 g/mol. The number of nitroso groups, excluding NO2 is 1. The fourth-order valence-corrected chi connectivity index (χ4v) is 0.205. The zero-order valence-corrected chi connectivity index (χ0v) is 2.96. The molecule has 0 aliphatic carbocycles. The zero-order valence-electron chi connectivity index (χ0n) is 2.96. The minimum atomic E-state index is 0.181. The summed E-state index contributed by atoms with van der Waals surface area (Å²) in [7, 11) is 0. The highest BCUT2D eigenvalue weighted by atomic mass is 16.3. The molecule has 0 saturated carbocycles. The Kier molecular flexibility index (Phi) is 0.533. The van der Waals surface area contributed by atoms with Crippen molar-refractivity contribution in [3.8, 4) is 0 Å². The maximum atomic E-state index is 9.84. The summed E-state index contributed by atoms with van der Waals surface area (Å²) in [6.07, 6.45) is 0. The Hall–Kier alpha value is -1.00. The van der Waals surface area contributed by atoms with Gasteiger partial charge in [0.25, 0.3) is 6.67 Å². The van der Waals surface area contributed by atoms with Crippen LogP contribution in [-0.4, -0.2) is 11.5 Å². The van der Waals surface area contributed by atoms with Crippen LogP contribution in [0.3, 0.4) is 0 Å². The van der Waals surface area contributed by atoms with Crippen LogP contribution in [0.4, 0.5) is 0 Å². The predicted octanol–water partition coefficient (Wildman–Crippen LogP) is -0.392. The third kappa shape index (κ3) is 0.333. The third-order valence-corrected chi connectivity index (χ3v) is 0.421. The lowest BCUT2D eigenvalue weighted by Crippen LogP contribution is -2.06. The SMILES string of the molecule is O=[N+]1CNN=N1. The maximum absolute atomic E-state index is 9.84. The molecular weight excluding hydrogens is 84.0 g/mol. The van der Waals surface area contributed by atoms with Crippen LogP contribution in [0.15, 0.2) is 10.4 Å². The van der Waals surface area contributed by atoms with Gasteiger partial charge >= 0.3 is 0 Å². The molecule has 1 aliphatic heterocycles. The number of hydrogen-bond acceptors (Lipinski definition) is 3. The average Bonchev–Trinajstić information content (AvgIpc) is 1.86. The summed E-state index contributed by atoms with van der Waals surface area (Å²) in [6, 6.07) is 0. The van der Waals surface area contributed by atoms with Gasteiger partial charge < -0.3 is 0 Å². The Morgan fingerprint density at radius 1 is 1.83 bits per heavy atom. The van der Waals surface area contributed by atoms with Gasteiger partial charge in [0.05, 0.1) is 0 Å². The lowest BCUT2D eigenvalue weighted by Gasteiger charge is -1.63. The molecule has 5 heteroatoms. The molecule has 0 spiro atoms. The molecule has 6 heavy (non-hydrogen) atoms. The van der Waals surface area contributed by atoms with Gasteiger partial charge in [-0.05, 0) is 4.91 Å². The van der Waals surface area contributed by atoms with Crippen LogP contribution in [0.5, 0.6) is 0 Å². The Bertz CT molecular complexity index is 95.7. The highest BCUT2D eigenvalue weighted by molar-refractivity contribution is 4.15. The van der Waals surface area contributed by atoms with Gasteiger partial charge in [0.2, 0.25) is 5.22 Å². The van der Waals surface area contributed by atoms with Crippen LogP contribution in [0.25, 0.3) is 0 Å². The Morgan fingerprint density at radius 2 is 2.67 bits per heavy atom. The summed E-state index contributed by atoms with van der Waals surface area (Å²) in [4.78, 5) is 10.3. The van der Waals surface area contributed by atoms with Gasteiger partial charge in [-0.3, -0.25) is 0 Å². The number of nitrogens with one attached hydrogen (secondary N) is 1. The number of hydrogen-bond donors (Lipinski definition) is 1. The van der Waals surface area contributed by atoms with E-state index in [0.717, 1.165) is 0 Å². The molecule has 0 aromatic rings. The van der Waals surface area contributed by atoms with Crippen molar-refractivity contribution in [3.05, 3.63) is 4.91 Å². The summed E-state index contributed by atoms with van der Waals surface area (Å²) >= 11 is 0. The van der Waals surface area contributed by atoms with Crippen molar-refractivity contribution in [2.45, 2.75) is 0 Å². The molecule has 0 atom stereocenters. The first-order valence-electron chi connectivity index (χ1n) is 1.48. The van der Waals surface area contributed by atoms with Gasteiger partial charge in [-0.2, -0.15) is 0 Å². The molecule has 0 aromatic heterocycles. The first-order chi connectivity index (χ1) is 2.89. The van der Waals surface area contributed by atoms with E-state index < -0.39 is 0 Å². The van der Waals surface area contributed by atoms with E-state index in [1.165, 1.54) is 0 Å². The largest absolute Gasteiger partial charge is 0.263 e. The molecule has 1 N–H and O–H groups in total. The fourth-order valence-electron chi connectivity index (χ4n) is 0.205. The molecule has 0 amide bonds. The van der Waals surface area contributed by atoms with Crippen LogP contribution in [0, 0.1) is 4.91 Å². The molecule has 1 aliphatic rings. The molecule has 1 rings (SSSR count). The van der Waals surface area contributed by atoms with Crippen molar-refractivity contribution in [2.75, 3.05) is 6.67 Å². The topological polar surface area (TPSA) is 56.8 Å². The first kappa shape index (κ1) is 3.20. The Morgan fingerprint density at radius 3 is 2.83 bits per heavy atom. The second kappa shape index (κ2) is 1.00. The zero-order chi connectivity index (χ0) is 4.41. The van der Waals surface area contributed by atoms with Gasteiger partial charge in [0, 0.05) is 0 Å². The fraction of sp³-hybridized carbons (Fsp3) is 1.00. The van der Waals surface area contributed by atoms with E-state index in [9.17, 15) is 4.91 Å². The van der Waals surface area contributed by atoms with E-state index >= 15 is 0 Å². The smallest absolute Gasteiger partial charge is 0.147 e. The molecule has 0 radical (unpaired) electrons. The van der Waals surface area contributed by atoms with Gasteiger partial charge in [0.15, 0.2) is 5.22 Å². The minimum Gasteiger partial charge on any atom is -0.147 e. The number of nitrogens with zero attached hydrogens (tertiary/aromatic N) is 3. The predicted molar refractivity (Wildman–Crippen MR) is 16.5 cm³/mol. The van der Waals surface area contributed by atoms with Crippen LogP contribution in [0.2, 0.25) is 0 Å². The van der Waals surface area contributed by atoms with E-state index in [2.05, 4.69) is 15.9 Å². The Balaban J connectivity index is 2.59. The van der Waals surface area contributed by atoms with Crippen molar-refractivity contribution < 1.29 is 4.87 Å². The molecule has 0 fully saturated rings. The van der Waals surface area contributed by atoms with E-state index in [1.807, 2.05) is 0 Å². The van der Waals surface area contributed by atoms with Crippen molar-refractivity contribution >= 4 is 0 Å². The molecular formula is CH3N4O+. The molecule has 0 unspecified atom stereocenters. The lowest BCUT2D eigenvalue weighted by molar-refractivity contribution is -0.549. The molecule has 0 bridgehead atoms. The second-order valence-corrected chi connectivity index (χ2v) is 0.858. The second-order valence-electron chi connectivity index (χ2n) is 0.858.